The maximum absolute atomic E-state index is 14.1. The number of nitrogens with one attached hydrogen (secondary N) is 1. The second kappa shape index (κ2) is 12.5. The summed E-state index contributed by atoms with van der Waals surface area (Å²) in [4.78, 5) is 48.6. The van der Waals surface area contributed by atoms with Gasteiger partial charge in [-0.1, -0.05) is 47.7 Å². The number of anilines is 1. The van der Waals surface area contributed by atoms with Crippen molar-refractivity contribution < 1.29 is 23.2 Å². The Morgan fingerprint density at radius 1 is 1.07 bits per heavy atom. The highest BCUT2D eigenvalue weighted by Gasteiger charge is 2.52. The van der Waals surface area contributed by atoms with Crippen LogP contribution in [-0.2, 0) is 29.1 Å². The number of benzene rings is 3. The number of amides is 4. The summed E-state index contributed by atoms with van der Waals surface area (Å²) >= 11 is 1.34. The number of piperazine rings is 1. The number of aromatic nitrogens is 1. The van der Waals surface area contributed by atoms with Crippen LogP contribution in [0.4, 0.5) is 18.7 Å². The second-order valence-corrected chi connectivity index (χ2v) is 11.8. The molecule has 2 aliphatic rings. The van der Waals surface area contributed by atoms with Crippen LogP contribution in [0, 0.1) is 23.0 Å². The summed E-state index contributed by atoms with van der Waals surface area (Å²) in [5, 5.41) is 15.4. The molecule has 3 N–H and O–H groups in total. The Kier molecular flexibility index (Phi) is 8.29. The molecule has 2 saturated heterocycles. The van der Waals surface area contributed by atoms with Crippen LogP contribution >= 0.6 is 11.3 Å². The first-order valence-electron chi connectivity index (χ1n) is 14.1. The first-order chi connectivity index (χ1) is 21.7. The van der Waals surface area contributed by atoms with Crippen LogP contribution in [-0.4, -0.2) is 74.5 Å². The minimum atomic E-state index is -0.947. The van der Waals surface area contributed by atoms with E-state index in [0.29, 0.717) is 21.8 Å². The molecule has 2 fully saturated rings. The zero-order valence-electron chi connectivity index (χ0n) is 23.9. The number of fused-ring (bicyclic) bond motifs is 2. The lowest BCUT2D eigenvalue weighted by Gasteiger charge is -2.46. The lowest BCUT2D eigenvalue weighted by molar-refractivity contribution is -0.157. The molecule has 0 aliphatic carbocycles. The van der Waals surface area contributed by atoms with Gasteiger partial charge < -0.3 is 20.9 Å². The molecule has 0 unspecified atom stereocenters. The van der Waals surface area contributed by atoms with Gasteiger partial charge in [0.25, 0.3) is 0 Å². The molecule has 0 saturated carbocycles. The molecule has 1 aromatic heterocycles. The van der Waals surface area contributed by atoms with E-state index in [1.807, 2.05) is 24.3 Å². The number of hydrogen-bond acceptors (Lipinski definition) is 8. The number of halogens is 2. The lowest BCUT2D eigenvalue weighted by atomic mass is 10.00. The SMILES string of the molecule is N#CCN(C(=O)NCc1ccc(F)cc1)N1CC(=O)N2[C@@H](Cc3ccc(F)cc3)C(=O)N(Cc3cccc4sc(N)nc34)C[C@@H]21. The highest BCUT2D eigenvalue weighted by atomic mass is 32.1. The van der Waals surface area contributed by atoms with Crippen molar-refractivity contribution in [2.24, 2.45) is 0 Å². The molecule has 14 heteroatoms. The minimum Gasteiger partial charge on any atom is -0.375 e. The molecule has 2 atom stereocenters. The van der Waals surface area contributed by atoms with E-state index in [9.17, 15) is 28.4 Å². The van der Waals surface area contributed by atoms with E-state index in [-0.39, 0.29) is 51.0 Å². The number of para-hydroxylation sites is 1. The van der Waals surface area contributed by atoms with E-state index in [1.54, 1.807) is 17.0 Å². The number of urea groups is 1. The van der Waals surface area contributed by atoms with Gasteiger partial charge in [0.1, 0.15) is 30.4 Å². The van der Waals surface area contributed by atoms with Crippen LogP contribution in [0.25, 0.3) is 10.2 Å². The molecule has 2 aliphatic heterocycles. The Morgan fingerprint density at radius 2 is 1.76 bits per heavy atom. The fourth-order valence-electron chi connectivity index (χ4n) is 5.81. The third-order valence-corrected chi connectivity index (χ3v) is 8.76. The van der Waals surface area contributed by atoms with E-state index in [2.05, 4.69) is 10.3 Å². The Balaban J connectivity index is 1.31. The number of nitriles is 1. The Labute approximate surface area is 261 Å². The van der Waals surface area contributed by atoms with Gasteiger partial charge in [-0.05, 0) is 47.0 Å². The maximum Gasteiger partial charge on any atom is 0.333 e. The first kappa shape index (κ1) is 29.9. The molecule has 45 heavy (non-hydrogen) atoms. The highest BCUT2D eigenvalue weighted by Crippen LogP contribution is 2.32. The van der Waals surface area contributed by atoms with Gasteiger partial charge in [-0.15, -0.1) is 0 Å². The Bertz CT molecular complexity index is 1790. The summed E-state index contributed by atoms with van der Waals surface area (Å²) in [6.45, 7) is -0.319. The number of nitrogens with two attached hydrogens (primary N) is 1. The van der Waals surface area contributed by atoms with E-state index >= 15 is 0 Å². The molecule has 3 heterocycles. The maximum atomic E-state index is 14.1. The van der Waals surface area contributed by atoms with E-state index in [1.165, 1.54) is 57.6 Å². The molecule has 230 valence electrons. The Morgan fingerprint density at radius 3 is 2.44 bits per heavy atom. The van der Waals surface area contributed by atoms with Crippen LogP contribution in [0.2, 0.25) is 0 Å². The van der Waals surface area contributed by atoms with Crippen molar-refractivity contribution in [3.63, 3.8) is 0 Å². The predicted octanol–water partition coefficient (Wildman–Crippen LogP) is 3.23. The summed E-state index contributed by atoms with van der Waals surface area (Å²) in [7, 11) is 0. The molecule has 4 amide bonds. The normalized spacial score (nSPS) is 18.2. The van der Waals surface area contributed by atoms with Crippen molar-refractivity contribution in [1.82, 2.24) is 30.1 Å². The largest absolute Gasteiger partial charge is 0.375 e. The molecule has 4 aromatic rings. The van der Waals surface area contributed by atoms with Crippen molar-refractivity contribution in [3.05, 3.63) is 95.1 Å². The summed E-state index contributed by atoms with van der Waals surface area (Å²) in [5.41, 5.74) is 8.71. The van der Waals surface area contributed by atoms with Crippen molar-refractivity contribution in [2.45, 2.75) is 31.7 Å². The summed E-state index contributed by atoms with van der Waals surface area (Å²) in [5.74, 6) is -1.53. The van der Waals surface area contributed by atoms with Gasteiger partial charge >= 0.3 is 6.03 Å². The number of thiazole rings is 1. The van der Waals surface area contributed by atoms with Crippen LogP contribution < -0.4 is 11.1 Å². The average molecular weight is 631 g/mol. The third-order valence-electron chi connectivity index (χ3n) is 7.91. The number of carbonyl (C=O) groups is 3. The first-order valence-corrected chi connectivity index (χ1v) is 14.9. The van der Waals surface area contributed by atoms with Crippen molar-refractivity contribution in [3.8, 4) is 6.07 Å². The molecule has 11 nitrogen and oxygen atoms in total. The zero-order chi connectivity index (χ0) is 31.7. The number of hydrazine groups is 1. The number of hydrogen-bond donors (Lipinski definition) is 2. The van der Waals surface area contributed by atoms with Crippen LogP contribution in [0.1, 0.15) is 16.7 Å². The van der Waals surface area contributed by atoms with Crippen LogP contribution in [0.3, 0.4) is 0 Å². The monoisotopic (exact) mass is 630 g/mol. The van der Waals surface area contributed by atoms with Gasteiger partial charge in [-0.25, -0.2) is 23.6 Å². The van der Waals surface area contributed by atoms with Gasteiger partial charge in [-0.2, -0.15) is 10.3 Å². The summed E-state index contributed by atoms with van der Waals surface area (Å²) < 4.78 is 27.9. The third kappa shape index (κ3) is 6.13. The molecular formula is C31H28F2N8O3S. The van der Waals surface area contributed by atoms with Gasteiger partial charge in [0.15, 0.2) is 5.13 Å². The number of rotatable bonds is 8. The topological polar surface area (TPSA) is 139 Å². The summed E-state index contributed by atoms with van der Waals surface area (Å²) in [6.07, 6.45) is -0.653. The smallest absolute Gasteiger partial charge is 0.333 e. The fourth-order valence-corrected chi connectivity index (χ4v) is 6.59. The molecule has 0 bridgehead atoms. The van der Waals surface area contributed by atoms with E-state index < -0.39 is 29.9 Å². The molecule has 0 spiro atoms. The molecule has 0 radical (unpaired) electrons. The van der Waals surface area contributed by atoms with Gasteiger partial charge in [0.2, 0.25) is 11.8 Å². The minimum absolute atomic E-state index is 0.0493. The standard InChI is InChI=1S/C31H28F2N8O3S/c32-22-8-4-19(5-9-22)14-24-29(43)38(16-21-2-1-3-25-28(21)37-30(35)45-25)17-26-40(18-27(42)41(24)26)39(13-12-34)31(44)36-15-20-6-10-23(33)11-7-20/h1-11,24,26H,13-18H2,(H2,35,37)(H,36,44)/t24-,26+/m0/s1. The molecule has 3 aromatic carbocycles. The fraction of sp³-hybridized carbons (Fsp3) is 0.258. The van der Waals surface area contributed by atoms with Crippen molar-refractivity contribution in [1.29, 1.82) is 5.26 Å². The van der Waals surface area contributed by atoms with Gasteiger partial charge in [0, 0.05) is 19.5 Å². The Hall–Kier alpha value is -5.13. The quantitative estimate of drug-likeness (QED) is 0.285. The zero-order valence-corrected chi connectivity index (χ0v) is 24.7. The van der Waals surface area contributed by atoms with E-state index in [4.69, 9.17) is 5.73 Å². The number of carbonyl (C=O) groups excluding carboxylic acids is 3. The van der Waals surface area contributed by atoms with Crippen LogP contribution in [0.15, 0.2) is 66.7 Å². The molecular weight excluding hydrogens is 602 g/mol. The van der Waals surface area contributed by atoms with Crippen molar-refractivity contribution >= 4 is 44.5 Å². The predicted molar refractivity (Wildman–Crippen MR) is 162 cm³/mol. The molecule has 6 rings (SSSR count). The van der Waals surface area contributed by atoms with Crippen LogP contribution in [0.5, 0.6) is 0 Å². The van der Waals surface area contributed by atoms with E-state index in [0.717, 1.165) is 15.3 Å². The number of nitrogens with zero attached hydrogens (tertiary/aromatic N) is 6. The van der Waals surface area contributed by atoms with Crippen molar-refractivity contribution in [2.75, 3.05) is 25.4 Å². The lowest BCUT2D eigenvalue weighted by Crippen LogP contribution is -2.66. The number of nitrogen functional groups attached to an aromatic ring is 1. The van der Waals surface area contributed by atoms with Gasteiger partial charge in [0.05, 0.1) is 29.4 Å². The second-order valence-electron chi connectivity index (χ2n) is 10.8. The summed E-state index contributed by atoms with van der Waals surface area (Å²) in [6, 6.07) is 17.4. The average Bonchev–Trinajstić information content (AvgIpc) is 3.57. The highest BCUT2D eigenvalue weighted by molar-refractivity contribution is 7.22. The van der Waals surface area contributed by atoms with Gasteiger partial charge in [-0.3, -0.25) is 9.59 Å².